The molecule has 7 nitrogen and oxygen atoms in total. The van der Waals surface area contributed by atoms with Crippen molar-refractivity contribution in [2.24, 2.45) is 0 Å². The first kappa shape index (κ1) is 14.0. The highest BCUT2D eigenvalue weighted by molar-refractivity contribution is 5.79. The van der Waals surface area contributed by atoms with E-state index in [2.05, 4.69) is 20.3 Å². The van der Waals surface area contributed by atoms with Gasteiger partial charge in [0.05, 0.1) is 13.2 Å². The van der Waals surface area contributed by atoms with Gasteiger partial charge in [0, 0.05) is 25.7 Å². The van der Waals surface area contributed by atoms with Crippen molar-refractivity contribution < 1.29 is 9.53 Å². The second-order valence-electron chi connectivity index (χ2n) is 4.87. The average Bonchev–Trinajstić information content (AvgIpc) is 2.92. The first-order valence-corrected chi connectivity index (χ1v) is 6.61. The topological polar surface area (TPSA) is 72.3 Å². The van der Waals surface area contributed by atoms with Crippen LogP contribution >= 0.6 is 0 Å². The maximum absolute atomic E-state index is 12.1. The van der Waals surface area contributed by atoms with Crippen LogP contribution in [0.25, 0.3) is 0 Å². The quantitative estimate of drug-likeness (QED) is 0.791. The average molecular weight is 267 g/mol. The number of nitrogens with one attached hydrogen (secondary N) is 1. The molecular weight excluding hydrogens is 246 g/mol. The first-order chi connectivity index (χ1) is 9.16. The highest BCUT2D eigenvalue weighted by atomic mass is 16.5. The van der Waals surface area contributed by atoms with Gasteiger partial charge in [-0.25, -0.2) is 9.67 Å². The van der Waals surface area contributed by atoms with E-state index in [-0.39, 0.29) is 18.0 Å². The van der Waals surface area contributed by atoms with Gasteiger partial charge in [0.2, 0.25) is 5.91 Å². The molecule has 1 fully saturated rings. The summed E-state index contributed by atoms with van der Waals surface area (Å²) in [6.45, 7) is 8.08. The van der Waals surface area contributed by atoms with Crippen molar-refractivity contribution in [2.75, 3.05) is 32.8 Å². The maximum atomic E-state index is 12.1. The fourth-order valence-corrected chi connectivity index (χ4v) is 2.12. The largest absolute Gasteiger partial charge is 0.379 e. The molecule has 1 amide bonds. The van der Waals surface area contributed by atoms with Crippen LogP contribution in [0, 0.1) is 0 Å². The van der Waals surface area contributed by atoms with Crippen molar-refractivity contribution in [1.82, 2.24) is 25.0 Å². The molecule has 1 aromatic rings. The minimum absolute atomic E-state index is 0.0359. The van der Waals surface area contributed by atoms with E-state index in [1.165, 1.54) is 6.33 Å². The van der Waals surface area contributed by atoms with Gasteiger partial charge in [0.15, 0.2) is 0 Å². The van der Waals surface area contributed by atoms with Crippen molar-refractivity contribution >= 4 is 5.91 Å². The van der Waals surface area contributed by atoms with Gasteiger partial charge >= 0.3 is 0 Å². The number of morpholine rings is 1. The molecule has 2 heterocycles. The van der Waals surface area contributed by atoms with E-state index in [1.54, 1.807) is 11.0 Å². The van der Waals surface area contributed by atoms with Gasteiger partial charge in [-0.2, -0.15) is 5.10 Å². The summed E-state index contributed by atoms with van der Waals surface area (Å²) < 4.78 is 6.85. The third-order valence-corrected chi connectivity index (χ3v) is 3.24. The van der Waals surface area contributed by atoms with Crippen molar-refractivity contribution in [1.29, 1.82) is 0 Å². The Morgan fingerprint density at radius 2 is 2.16 bits per heavy atom. The van der Waals surface area contributed by atoms with Crippen molar-refractivity contribution in [3.8, 4) is 0 Å². The van der Waals surface area contributed by atoms with Gasteiger partial charge in [-0.1, -0.05) is 0 Å². The lowest BCUT2D eigenvalue weighted by Gasteiger charge is -2.29. The zero-order valence-corrected chi connectivity index (χ0v) is 11.5. The lowest BCUT2D eigenvalue weighted by Crippen LogP contribution is -2.47. The van der Waals surface area contributed by atoms with E-state index in [0.717, 1.165) is 32.8 Å². The molecule has 1 N–H and O–H groups in total. The van der Waals surface area contributed by atoms with Gasteiger partial charge < -0.3 is 10.1 Å². The minimum Gasteiger partial charge on any atom is -0.379 e. The van der Waals surface area contributed by atoms with Crippen LogP contribution in [0.4, 0.5) is 0 Å². The van der Waals surface area contributed by atoms with Crippen LogP contribution < -0.4 is 5.32 Å². The van der Waals surface area contributed by atoms with Crippen molar-refractivity contribution in [2.45, 2.75) is 25.9 Å². The van der Waals surface area contributed by atoms with E-state index < -0.39 is 0 Å². The van der Waals surface area contributed by atoms with Crippen LogP contribution in [-0.4, -0.2) is 64.5 Å². The zero-order chi connectivity index (χ0) is 13.7. The Hall–Kier alpha value is -1.47. The van der Waals surface area contributed by atoms with Crippen molar-refractivity contribution in [3.63, 3.8) is 0 Å². The summed E-state index contributed by atoms with van der Waals surface area (Å²) in [5.41, 5.74) is 0. The summed E-state index contributed by atoms with van der Waals surface area (Å²) in [5, 5.41) is 6.98. The third kappa shape index (κ3) is 4.00. The van der Waals surface area contributed by atoms with E-state index in [1.807, 2.05) is 13.8 Å². The number of ether oxygens (including phenoxy) is 1. The Morgan fingerprint density at radius 1 is 1.42 bits per heavy atom. The van der Waals surface area contributed by atoms with Crippen LogP contribution in [0.3, 0.4) is 0 Å². The summed E-state index contributed by atoms with van der Waals surface area (Å²) in [6, 6.07) is -0.230. The summed E-state index contributed by atoms with van der Waals surface area (Å²) in [4.78, 5) is 18.2. The Labute approximate surface area is 112 Å². The molecule has 2 atom stereocenters. The summed E-state index contributed by atoms with van der Waals surface area (Å²) in [5.74, 6) is -0.0359. The van der Waals surface area contributed by atoms with Crippen molar-refractivity contribution in [3.05, 3.63) is 12.7 Å². The molecule has 0 saturated carbocycles. The van der Waals surface area contributed by atoms with E-state index in [9.17, 15) is 4.79 Å². The Morgan fingerprint density at radius 3 is 2.79 bits per heavy atom. The number of amides is 1. The third-order valence-electron chi connectivity index (χ3n) is 3.24. The number of aromatic nitrogens is 3. The number of nitrogens with zero attached hydrogens (tertiary/aromatic N) is 4. The number of rotatable bonds is 5. The van der Waals surface area contributed by atoms with Gasteiger partial charge in [-0.05, 0) is 13.8 Å². The lowest BCUT2D eigenvalue weighted by molar-refractivity contribution is -0.124. The van der Waals surface area contributed by atoms with Crippen LogP contribution in [0.2, 0.25) is 0 Å². The molecule has 1 aliphatic rings. The zero-order valence-electron chi connectivity index (χ0n) is 11.5. The molecular formula is C12H21N5O2. The molecule has 0 radical (unpaired) electrons. The fourth-order valence-electron chi connectivity index (χ4n) is 2.12. The minimum atomic E-state index is -0.338. The molecule has 0 aromatic carbocycles. The monoisotopic (exact) mass is 267 g/mol. The highest BCUT2D eigenvalue weighted by Gasteiger charge is 2.19. The van der Waals surface area contributed by atoms with E-state index >= 15 is 0 Å². The van der Waals surface area contributed by atoms with Gasteiger partial charge in [-0.15, -0.1) is 0 Å². The highest BCUT2D eigenvalue weighted by Crippen LogP contribution is 2.04. The standard InChI is InChI=1S/C12H21N5O2/c1-10(7-16-3-5-19-6-4-16)15-12(18)11(2)17-9-13-8-14-17/h8-11H,3-7H2,1-2H3,(H,15,18)/t10-,11+/m0/s1. The molecule has 0 spiro atoms. The molecule has 1 saturated heterocycles. The van der Waals surface area contributed by atoms with Crippen LogP contribution in [0.5, 0.6) is 0 Å². The number of hydrogen-bond acceptors (Lipinski definition) is 5. The first-order valence-electron chi connectivity index (χ1n) is 6.61. The SMILES string of the molecule is C[C@H](C(=O)N[C@@H](C)CN1CCOCC1)n1cncn1. The molecule has 19 heavy (non-hydrogen) atoms. The van der Waals surface area contributed by atoms with Gasteiger partial charge in [0.25, 0.3) is 0 Å². The number of carbonyl (C=O) groups is 1. The predicted octanol–water partition coefficient (Wildman–Crippen LogP) is -0.324. The van der Waals surface area contributed by atoms with E-state index in [0.29, 0.717) is 0 Å². The maximum Gasteiger partial charge on any atom is 0.244 e. The Balaban J connectivity index is 1.77. The molecule has 1 aliphatic heterocycles. The van der Waals surface area contributed by atoms with Gasteiger partial charge in [-0.3, -0.25) is 9.69 Å². The molecule has 0 bridgehead atoms. The smallest absolute Gasteiger partial charge is 0.244 e. The molecule has 1 aromatic heterocycles. The number of carbonyl (C=O) groups excluding carboxylic acids is 1. The molecule has 7 heteroatoms. The summed E-state index contributed by atoms with van der Waals surface area (Å²) >= 11 is 0. The summed E-state index contributed by atoms with van der Waals surface area (Å²) in [7, 11) is 0. The second kappa shape index (κ2) is 6.63. The van der Waals surface area contributed by atoms with Crippen LogP contribution in [0.15, 0.2) is 12.7 Å². The normalized spacial score (nSPS) is 19.9. The molecule has 106 valence electrons. The molecule has 0 unspecified atom stereocenters. The van der Waals surface area contributed by atoms with Gasteiger partial charge in [0.1, 0.15) is 18.7 Å². The molecule has 0 aliphatic carbocycles. The Bertz CT molecular complexity index is 389. The lowest BCUT2D eigenvalue weighted by atomic mass is 10.2. The van der Waals surface area contributed by atoms with E-state index in [4.69, 9.17) is 4.74 Å². The molecule has 2 rings (SSSR count). The predicted molar refractivity (Wildman–Crippen MR) is 69.6 cm³/mol. The number of hydrogen-bond donors (Lipinski definition) is 1. The fraction of sp³-hybridized carbons (Fsp3) is 0.750. The second-order valence-corrected chi connectivity index (χ2v) is 4.87. The van der Waals surface area contributed by atoms with Crippen LogP contribution in [0.1, 0.15) is 19.9 Å². The summed E-state index contributed by atoms with van der Waals surface area (Å²) in [6.07, 6.45) is 2.98. The van der Waals surface area contributed by atoms with Crippen LogP contribution in [-0.2, 0) is 9.53 Å². The Kier molecular flexibility index (Phi) is 4.86.